The molecule has 0 atom stereocenters. The van der Waals surface area contributed by atoms with Crippen LogP contribution in [-0.2, 0) is 6.54 Å². The van der Waals surface area contributed by atoms with Gasteiger partial charge in [-0.15, -0.1) is 0 Å². The summed E-state index contributed by atoms with van der Waals surface area (Å²) < 4.78 is 6.51. The predicted octanol–water partition coefficient (Wildman–Crippen LogP) is 3.10. The van der Waals surface area contributed by atoms with Crippen LogP contribution < -0.4 is 10.5 Å². The SMILES string of the molecule is NCc1ccc(Oc2ccccc2Br)nc1. The predicted molar refractivity (Wildman–Crippen MR) is 66.3 cm³/mol. The van der Waals surface area contributed by atoms with Gasteiger partial charge >= 0.3 is 0 Å². The van der Waals surface area contributed by atoms with E-state index < -0.39 is 0 Å². The number of ether oxygens (including phenoxy) is 1. The van der Waals surface area contributed by atoms with Crippen molar-refractivity contribution in [2.45, 2.75) is 6.54 Å². The van der Waals surface area contributed by atoms with Crippen LogP contribution in [0.25, 0.3) is 0 Å². The molecule has 2 N–H and O–H groups in total. The normalized spacial score (nSPS) is 10.1. The van der Waals surface area contributed by atoms with Gasteiger partial charge in [0.2, 0.25) is 5.88 Å². The summed E-state index contributed by atoms with van der Waals surface area (Å²) in [7, 11) is 0. The Kier molecular flexibility index (Phi) is 3.54. The summed E-state index contributed by atoms with van der Waals surface area (Å²) in [6, 6.07) is 11.4. The number of para-hydroxylation sites is 1. The van der Waals surface area contributed by atoms with E-state index in [9.17, 15) is 0 Å². The molecule has 1 aromatic carbocycles. The second-order valence-corrected chi connectivity index (χ2v) is 4.10. The molecular formula is C12H11BrN2O. The van der Waals surface area contributed by atoms with E-state index in [0.717, 1.165) is 15.8 Å². The molecule has 2 aromatic rings. The Labute approximate surface area is 102 Å². The van der Waals surface area contributed by atoms with E-state index >= 15 is 0 Å². The first-order valence-electron chi connectivity index (χ1n) is 4.87. The van der Waals surface area contributed by atoms with Gasteiger partial charge in [-0.2, -0.15) is 0 Å². The van der Waals surface area contributed by atoms with Gasteiger partial charge in [0.1, 0.15) is 5.75 Å². The lowest BCUT2D eigenvalue weighted by molar-refractivity contribution is 0.459. The maximum absolute atomic E-state index is 5.61. The lowest BCUT2D eigenvalue weighted by Crippen LogP contribution is -1.97. The van der Waals surface area contributed by atoms with E-state index in [4.69, 9.17) is 10.5 Å². The van der Waals surface area contributed by atoms with Crippen molar-refractivity contribution in [1.82, 2.24) is 4.98 Å². The molecule has 0 aliphatic rings. The van der Waals surface area contributed by atoms with Gasteiger partial charge in [-0.1, -0.05) is 18.2 Å². The third kappa shape index (κ3) is 2.59. The molecule has 0 aliphatic heterocycles. The van der Waals surface area contributed by atoms with Crippen molar-refractivity contribution >= 4 is 15.9 Å². The lowest BCUT2D eigenvalue weighted by atomic mass is 10.3. The maximum Gasteiger partial charge on any atom is 0.219 e. The van der Waals surface area contributed by atoms with Gasteiger partial charge in [0.05, 0.1) is 4.47 Å². The first-order chi connectivity index (χ1) is 7.79. The van der Waals surface area contributed by atoms with Crippen molar-refractivity contribution in [3.05, 3.63) is 52.6 Å². The van der Waals surface area contributed by atoms with Crippen LogP contribution in [0.1, 0.15) is 5.56 Å². The molecule has 82 valence electrons. The number of hydrogen-bond donors (Lipinski definition) is 1. The zero-order valence-corrected chi connectivity index (χ0v) is 10.1. The van der Waals surface area contributed by atoms with Crippen molar-refractivity contribution in [3.8, 4) is 11.6 Å². The standard InChI is InChI=1S/C12H11BrN2O/c13-10-3-1-2-4-11(10)16-12-6-5-9(7-14)8-15-12/h1-6,8H,7,14H2. The Morgan fingerprint density at radius 3 is 2.62 bits per heavy atom. The average molecular weight is 279 g/mol. The van der Waals surface area contributed by atoms with Crippen molar-refractivity contribution in [1.29, 1.82) is 0 Å². The van der Waals surface area contributed by atoms with Gasteiger partial charge in [-0.05, 0) is 33.6 Å². The van der Waals surface area contributed by atoms with Gasteiger partial charge in [-0.3, -0.25) is 0 Å². The minimum absolute atomic E-state index is 0.488. The van der Waals surface area contributed by atoms with E-state index in [2.05, 4.69) is 20.9 Å². The second kappa shape index (κ2) is 5.09. The van der Waals surface area contributed by atoms with Crippen LogP contribution in [0.2, 0.25) is 0 Å². The van der Waals surface area contributed by atoms with Crippen LogP contribution in [0, 0.1) is 0 Å². The molecule has 3 nitrogen and oxygen atoms in total. The molecule has 4 heteroatoms. The third-order valence-corrected chi connectivity index (χ3v) is 2.74. The summed E-state index contributed by atoms with van der Waals surface area (Å²) in [4.78, 5) is 4.16. The average Bonchev–Trinajstić information content (AvgIpc) is 2.33. The third-order valence-electron chi connectivity index (χ3n) is 2.08. The number of nitrogens with two attached hydrogens (primary N) is 1. The van der Waals surface area contributed by atoms with Gasteiger partial charge < -0.3 is 10.5 Å². The van der Waals surface area contributed by atoms with Gasteiger partial charge in [0.15, 0.2) is 0 Å². The number of halogens is 1. The topological polar surface area (TPSA) is 48.1 Å². The number of pyridine rings is 1. The number of hydrogen-bond acceptors (Lipinski definition) is 3. The fourth-order valence-corrected chi connectivity index (χ4v) is 1.60. The summed E-state index contributed by atoms with van der Waals surface area (Å²) in [5, 5.41) is 0. The zero-order valence-electron chi connectivity index (χ0n) is 8.56. The quantitative estimate of drug-likeness (QED) is 0.939. The highest BCUT2D eigenvalue weighted by Crippen LogP contribution is 2.27. The van der Waals surface area contributed by atoms with Crippen molar-refractivity contribution in [2.75, 3.05) is 0 Å². The maximum atomic E-state index is 5.61. The fourth-order valence-electron chi connectivity index (χ4n) is 1.23. The summed E-state index contributed by atoms with van der Waals surface area (Å²) >= 11 is 3.41. The molecule has 2 rings (SSSR count). The van der Waals surface area contributed by atoms with Crippen LogP contribution in [0.15, 0.2) is 47.1 Å². The molecule has 0 spiro atoms. The smallest absolute Gasteiger partial charge is 0.219 e. The van der Waals surface area contributed by atoms with E-state index in [0.29, 0.717) is 12.4 Å². The minimum Gasteiger partial charge on any atom is -0.438 e. The van der Waals surface area contributed by atoms with Crippen molar-refractivity contribution < 1.29 is 4.74 Å². The van der Waals surface area contributed by atoms with Crippen LogP contribution in [0.5, 0.6) is 11.6 Å². The Morgan fingerprint density at radius 1 is 1.19 bits per heavy atom. The monoisotopic (exact) mass is 278 g/mol. The zero-order chi connectivity index (χ0) is 11.4. The first-order valence-corrected chi connectivity index (χ1v) is 5.66. The Bertz CT molecular complexity index is 471. The van der Waals surface area contributed by atoms with Gasteiger partial charge in [0.25, 0.3) is 0 Å². The molecule has 0 saturated heterocycles. The lowest BCUT2D eigenvalue weighted by Gasteiger charge is -2.06. The number of nitrogens with zero attached hydrogens (tertiary/aromatic N) is 1. The molecule has 0 amide bonds. The summed E-state index contributed by atoms with van der Waals surface area (Å²) in [6.07, 6.45) is 1.71. The number of aromatic nitrogens is 1. The number of benzene rings is 1. The van der Waals surface area contributed by atoms with Gasteiger partial charge in [0, 0.05) is 18.8 Å². The fraction of sp³-hybridized carbons (Fsp3) is 0.0833. The van der Waals surface area contributed by atoms with Crippen LogP contribution in [0.4, 0.5) is 0 Å². The summed E-state index contributed by atoms with van der Waals surface area (Å²) in [5.41, 5.74) is 6.47. The highest BCUT2D eigenvalue weighted by atomic mass is 79.9. The number of rotatable bonds is 3. The minimum atomic E-state index is 0.488. The van der Waals surface area contributed by atoms with E-state index in [1.807, 2.05) is 36.4 Å². The molecule has 0 unspecified atom stereocenters. The van der Waals surface area contributed by atoms with Crippen LogP contribution in [-0.4, -0.2) is 4.98 Å². The van der Waals surface area contributed by atoms with E-state index in [1.165, 1.54) is 0 Å². The van der Waals surface area contributed by atoms with Crippen molar-refractivity contribution in [3.63, 3.8) is 0 Å². The highest BCUT2D eigenvalue weighted by Gasteiger charge is 2.02. The Morgan fingerprint density at radius 2 is 2.00 bits per heavy atom. The second-order valence-electron chi connectivity index (χ2n) is 3.24. The van der Waals surface area contributed by atoms with Crippen molar-refractivity contribution in [2.24, 2.45) is 5.73 Å². The molecule has 1 heterocycles. The Hall–Kier alpha value is -1.39. The summed E-state index contributed by atoms with van der Waals surface area (Å²) in [6.45, 7) is 0.488. The largest absolute Gasteiger partial charge is 0.438 e. The van der Waals surface area contributed by atoms with Gasteiger partial charge in [-0.25, -0.2) is 4.98 Å². The molecular weight excluding hydrogens is 268 g/mol. The molecule has 0 aliphatic carbocycles. The molecule has 0 fully saturated rings. The highest BCUT2D eigenvalue weighted by molar-refractivity contribution is 9.10. The molecule has 16 heavy (non-hydrogen) atoms. The van der Waals surface area contributed by atoms with E-state index in [-0.39, 0.29) is 0 Å². The van der Waals surface area contributed by atoms with Crippen LogP contribution in [0.3, 0.4) is 0 Å². The van der Waals surface area contributed by atoms with Crippen LogP contribution >= 0.6 is 15.9 Å². The summed E-state index contributed by atoms with van der Waals surface area (Å²) in [5.74, 6) is 1.31. The molecule has 0 bridgehead atoms. The molecule has 0 saturated carbocycles. The van der Waals surface area contributed by atoms with E-state index in [1.54, 1.807) is 6.20 Å². The first kappa shape index (κ1) is 11.1. The molecule has 1 aromatic heterocycles. The molecule has 0 radical (unpaired) electrons. The Balaban J connectivity index is 2.18.